The maximum Gasteiger partial charge on any atom is 0.255 e. The maximum absolute atomic E-state index is 13.0. The van der Waals surface area contributed by atoms with Gasteiger partial charge in [0.2, 0.25) is 11.8 Å². The number of hydrogen-bond acceptors (Lipinski definition) is 19. The first-order chi connectivity index (χ1) is 51.2. The summed E-state index contributed by atoms with van der Waals surface area (Å²) in [6.07, 6.45) is 24.5. The molecule has 10 N–H and O–H groups in total. The van der Waals surface area contributed by atoms with E-state index < -0.39 is 0 Å². The van der Waals surface area contributed by atoms with Crippen molar-refractivity contribution in [2.45, 2.75) is 135 Å². The number of fused-ring (bicyclic) bond motifs is 3. The van der Waals surface area contributed by atoms with Gasteiger partial charge in [-0.3, -0.25) is 14.4 Å². The van der Waals surface area contributed by atoms with Crippen molar-refractivity contribution in [3.05, 3.63) is 206 Å². The normalized spacial score (nSPS) is 15.7. The molecule has 105 heavy (non-hydrogen) atoms. The van der Waals surface area contributed by atoms with E-state index >= 15 is 0 Å². The monoisotopic (exact) mass is 1420 g/mol. The fraction of sp³-hybridized carbons (Fsp3) is 0.338. The number of nitrogens with zero attached hydrogens (tertiary/aromatic N) is 12. The minimum atomic E-state index is -0.242. The van der Waals surface area contributed by atoms with Crippen LogP contribution in [0.5, 0.6) is 0 Å². The molecule has 10 aromatic rings. The molecule has 0 aliphatic carbocycles. The molecule has 25 nitrogen and oxygen atoms in total. The lowest BCUT2D eigenvalue weighted by atomic mass is 9.99. The zero-order chi connectivity index (χ0) is 73.8. The second kappa shape index (κ2) is 36.1. The van der Waals surface area contributed by atoms with Crippen LogP contribution in [0.3, 0.4) is 0 Å². The molecule has 4 aromatic carbocycles. The van der Waals surface area contributed by atoms with Gasteiger partial charge >= 0.3 is 0 Å². The number of aliphatic hydroxyl groups is 3. The van der Waals surface area contributed by atoms with Crippen molar-refractivity contribution in [1.29, 1.82) is 0 Å². The Morgan fingerprint density at radius 2 is 0.790 bits per heavy atom. The van der Waals surface area contributed by atoms with E-state index in [1.165, 1.54) is 25.0 Å². The van der Waals surface area contributed by atoms with Crippen LogP contribution in [-0.4, -0.2) is 134 Å². The summed E-state index contributed by atoms with van der Waals surface area (Å²) in [5.74, 6) is 4.43. The highest BCUT2D eigenvalue weighted by molar-refractivity contribution is 6.05. The molecule has 3 amide bonds. The second-order valence-corrected chi connectivity index (χ2v) is 26.2. The van der Waals surface area contributed by atoms with Crippen molar-refractivity contribution >= 4 is 109 Å². The van der Waals surface area contributed by atoms with Crippen molar-refractivity contribution < 1.29 is 29.7 Å². The zero-order valence-electron chi connectivity index (χ0n) is 60.3. The van der Waals surface area contributed by atoms with E-state index in [0.717, 1.165) is 194 Å². The van der Waals surface area contributed by atoms with Crippen LogP contribution in [0.4, 0.5) is 74.7 Å². The number of carbonyl (C=O) groups excluding carboxylic acids is 3. The topological polar surface area (TPSA) is 296 Å². The lowest BCUT2D eigenvalue weighted by Gasteiger charge is -2.36. The van der Waals surface area contributed by atoms with Crippen LogP contribution < -0.4 is 51.9 Å². The molecule has 3 aliphatic heterocycles. The third kappa shape index (κ3) is 18.7. The summed E-state index contributed by atoms with van der Waals surface area (Å²) in [6, 6.07) is 36.7. The van der Waals surface area contributed by atoms with Gasteiger partial charge in [0.25, 0.3) is 5.91 Å². The van der Waals surface area contributed by atoms with Gasteiger partial charge in [-0.1, -0.05) is 53.2 Å². The highest BCUT2D eigenvalue weighted by Crippen LogP contribution is 2.35. The number of aryl methyl sites for hydroxylation is 3. The first kappa shape index (κ1) is 74.8. The van der Waals surface area contributed by atoms with E-state index in [1.807, 2.05) is 135 Å². The van der Waals surface area contributed by atoms with Gasteiger partial charge in [0, 0.05) is 144 Å². The van der Waals surface area contributed by atoms with E-state index in [1.54, 1.807) is 18.2 Å². The summed E-state index contributed by atoms with van der Waals surface area (Å²) >= 11 is 0. The third-order valence-corrected chi connectivity index (χ3v) is 19.2. The molecule has 1 unspecified atom stereocenters. The SMILES string of the molecule is C=CC(=C)Nc1ccc(C(=O)Nc2cccc(Nc3cc(N4CCCCC4CCO)nc4c(CC)cnn34)c2)cc1.C=CC(=O)Nc1ccc(Nc2cc(N3CCCC[C@H]3CCO)nc3c(CC)cnn23)cc1.C=CC(=O)Nc1ccc(Nc2cc(N3CCCC[C@H]3CCO)nc3c(CC)cnn23)cc1. The average molecular weight is 1420 g/mol. The number of nitrogens with one attached hydrogen (secondary N) is 7. The number of aromatic nitrogens is 9. The number of hydrogen-bond donors (Lipinski definition) is 10. The molecule has 6 aromatic heterocycles. The fourth-order valence-electron chi connectivity index (χ4n) is 13.6. The number of carbonyl (C=O) groups is 3. The average Bonchev–Trinajstić information content (AvgIpc) is 1.72. The van der Waals surface area contributed by atoms with E-state index in [9.17, 15) is 29.7 Å². The van der Waals surface area contributed by atoms with Gasteiger partial charge in [-0.15, -0.1) is 0 Å². The molecule has 0 bridgehead atoms. The molecule has 13 rings (SSSR count). The third-order valence-electron chi connectivity index (χ3n) is 19.2. The quantitative estimate of drug-likeness (QED) is 0.0169. The van der Waals surface area contributed by atoms with Crippen molar-refractivity contribution in [2.75, 3.05) is 91.4 Å². The number of allylic oxidation sites excluding steroid dienone is 1. The summed E-state index contributed by atoms with van der Waals surface area (Å²) in [7, 11) is 0. The minimum Gasteiger partial charge on any atom is -0.396 e. The molecule has 3 fully saturated rings. The number of rotatable bonds is 27. The Hall–Kier alpha value is -11.4. The van der Waals surface area contributed by atoms with Crippen LogP contribution in [0.25, 0.3) is 16.9 Å². The van der Waals surface area contributed by atoms with E-state index in [0.29, 0.717) is 28.3 Å². The molecule has 3 atom stereocenters. The van der Waals surface area contributed by atoms with Crippen molar-refractivity contribution in [2.24, 2.45) is 0 Å². The predicted octanol–water partition coefficient (Wildman–Crippen LogP) is 13.9. The smallest absolute Gasteiger partial charge is 0.255 e. The summed E-state index contributed by atoms with van der Waals surface area (Å²) in [5.41, 5.74) is 12.4. The summed E-state index contributed by atoms with van der Waals surface area (Å²) < 4.78 is 5.50. The van der Waals surface area contributed by atoms with Crippen LogP contribution in [0.1, 0.15) is 125 Å². The first-order valence-electron chi connectivity index (χ1n) is 36.5. The van der Waals surface area contributed by atoms with Crippen LogP contribution in [0.15, 0.2) is 184 Å². The largest absolute Gasteiger partial charge is 0.396 e. The number of benzene rings is 4. The molecular weight excluding hydrogens is 1320 g/mol. The van der Waals surface area contributed by atoms with Crippen molar-refractivity contribution in [3.8, 4) is 0 Å². The molecule has 3 saturated heterocycles. The van der Waals surface area contributed by atoms with E-state index in [2.05, 4.69) is 114 Å². The lowest BCUT2D eigenvalue weighted by molar-refractivity contribution is -0.112. The van der Waals surface area contributed by atoms with Crippen LogP contribution in [-0.2, 0) is 28.9 Å². The van der Waals surface area contributed by atoms with Gasteiger partial charge in [-0.25, -0.2) is 15.0 Å². The Labute approximate surface area is 612 Å². The van der Waals surface area contributed by atoms with Gasteiger partial charge in [0.05, 0.1) is 18.6 Å². The minimum absolute atomic E-state index is 0.159. The van der Waals surface area contributed by atoms with Crippen LogP contribution in [0, 0.1) is 0 Å². The van der Waals surface area contributed by atoms with Crippen molar-refractivity contribution in [1.82, 2.24) is 43.8 Å². The Bertz CT molecular complexity index is 4460. The Balaban J connectivity index is 0.000000159. The van der Waals surface area contributed by atoms with Crippen molar-refractivity contribution in [3.63, 3.8) is 0 Å². The molecule has 9 heterocycles. The van der Waals surface area contributed by atoms with Gasteiger partial charge in [0.1, 0.15) is 34.9 Å². The van der Waals surface area contributed by atoms with E-state index in [4.69, 9.17) is 15.0 Å². The molecule has 0 spiro atoms. The standard InChI is InChI=1S/C32H37N7O2.2C24H30N6O2/c1-4-22(3)34-25-14-12-24(13-15-25)32(41)36-27-10-8-9-26(19-27)35-30-20-29(37-31-23(5-2)21-33-39(30)31)38-17-7-6-11-28(38)16-18-40;2*1-3-17-16-25-30-22(26-18-8-10-19(11-9-18)27-23(32)4-2)15-21(28-24(17)30)29-13-6-5-7-20(29)12-14-31/h4,8-10,12-15,19-21,28,34-35,40H,1,3,5-7,11,16-18H2,2H3,(H,36,41);2*4,8-11,15-16,20,26,31H,2-3,5-7,12-14H2,1H3,(H,27,32)/t;2*20-/m.00/s1. The molecule has 0 saturated carbocycles. The Kier molecular flexibility index (Phi) is 25.7. The highest BCUT2D eigenvalue weighted by Gasteiger charge is 2.29. The predicted molar refractivity (Wildman–Crippen MR) is 421 cm³/mol. The summed E-state index contributed by atoms with van der Waals surface area (Å²) in [4.78, 5) is 57.9. The molecule has 25 heteroatoms. The number of anilines is 13. The molecular formula is C80H97N19O6. The lowest BCUT2D eigenvalue weighted by Crippen LogP contribution is -2.40. The van der Waals surface area contributed by atoms with Crippen LogP contribution >= 0.6 is 0 Å². The zero-order valence-corrected chi connectivity index (χ0v) is 60.3. The number of piperidine rings is 3. The highest BCUT2D eigenvalue weighted by atomic mass is 16.3. The fourth-order valence-corrected chi connectivity index (χ4v) is 13.6. The molecule has 0 radical (unpaired) electrons. The van der Waals surface area contributed by atoms with E-state index in [-0.39, 0.29) is 55.7 Å². The summed E-state index contributed by atoms with van der Waals surface area (Å²) in [5, 5.41) is 64.5. The van der Waals surface area contributed by atoms with Gasteiger partial charge in [-0.2, -0.15) is 28.8 Å². The first-order valence-corrected chi connectivity index (χ1v) is 36.5. The molecule has 3 aliphatic rings. The number of amides is 3. The Morgan fingerprint density at radius 3 is 1.15 bits per heavy atom. The molecule has 548 valence electrons. The van der Waals surface area contributed by atoms with Gasteiger partial charge in [-0.05, 0) is 206 Å². The second-order valence-electron chi connectivity index (χ2n) is 26.2. The number of aliphatic hydroxyl groups excluding tert-OH is 3. The van der Waals surface area contributed by atoms with Crippen LogP contribution in [0.2, 0.25) is 0 Å². The van der Waals surface area contributed by atoms with Gasteiger partial charge < -0.3 is 67.2 Å². The maximum atomic E-state index is 13.0. The summed E-state index contributed by atoms with van der Waals surface area (Å²) in [6.45, 7) is 24.1. The Morgan fingerprint density at radius 1 is 0.438 bits per heavy atom. The van der Waals surface area contributed by atoms with Gasteiger partial charge in [0.15, 0.2) is 16.9 Å².